The Labute approximate surface area is 135 Å². The zero-order valence-corrected chi connectivity index (χ0v) is 14.0. The molecule has 128 valence electrons. The van der Waals surface area contributed by atoms with Gasteiger partial charge >= 0.3 is 12.1 Å². The molecule has 0 heterocycles. The summed E-state index contributed by atoms with van der Waals surface area (Å²) in [7, 11) is 0. The van der Waals surface area contributed by atoms with Crippen LogP contribution >= 0.6 is 0 Å². The van der Waals surface area contributed by atoms with Crippen molar-refractivity contribution in [3.05, 3.63) is 23.8 Å². The van der Waals surface area contributed by atoms with Crippen molar-refractivity contribution in [1.82, 2.24) is 5.32 Å². The molecule has 0 radical (unpaired) electrons. The second kappa shape index (κ2) is 7.21. The summed E-state index contributed by atoms with van der Waals surface area (Å²) in [5, 5.41) is 11.6. The maximum absolute atomic E-state index is 11.8. The lowest BCUT2D eigenvalue weighted by atomic mass is 10.1. The van der Waals surface area contributed by atoms with Gasteiger partial charge in [-0.05, 0) is 52.3 Å². The Balaban J connectivity index is 2.82. The Morgan fingerprint density at radius 2 is 1.91 bits per heavy atom. The zero-order chi connectivity index (χ0) is 17.8. The van der Waals surface area contributed by atoms with Gasteiger partial charge in [-0.3, -0.25) is 0 Å². The van der Waals surface area contributed by atoms with Gasteiger partial charge in [-0.15, -0.1) is 0 Å². The topological polar surface area (TPSA) is 111 Å². The molecule has 0 fully saturated rings. The van der Waals surface area contributed by atoms with E-state index in [0.29, 0.717) is 11.4 Å². The summed E-state index contributed by atoms with van der Waals surface area (Å²) >= 11 is 0. The predicted molar refractivity (Wildman–Crippen MR) is 86.5 cm³/mol. The van der Waals surface area contributed by atoms with Crippen molar-refractivity contribution in [2.24, 2.45) is 0 Å². The molecular weight excluding hydrogens is 300 g/mol. The van der Waals surface area contributed by atoms with Crippen LogP contribution in [-0.2, 0) is 9.53 Å². The number of aliphatic carboxylic acids is 1. The second-order valence-corrected chi connectivity index (χ2v) is 6.33. The van der Waals surface area contributed by atoms with E-state index in [-0.39, 0.29) is 0 Å². The van der Waals surface area contributed by atoms with E-state index in [2.05, 4.69) is 5.32 Å². The molecule has 0 saturated carbocycles. The number of rotatable bonds is 5. The Bertz CT molecular complexity index is 580. The molecule has 0 aliphatic carbocycles. The molecule has 1 amide bonds. The highest BCUT2D eigenvalue weighted by Gasteiger charge is 2.30. The van der Waals surface area contributed by atoms with Crippen LogP contribution in [-0.4, -0.2) is 34.9 Å². The Kier molecular flexibility index (Phi) is 5.84. The van der Waals surface area contributed by atoms with Gasteiger partial charge in [0.05, 0.1) is 5.69 Å². The van der Waals surface area contributed by atoms with Crippen molar-refractivity contribution in [1.29, 1.82) is 0 Å². The minimum absolute atomic E-state index is 0.370. The fourth-order valence-electron chi connectivity index (χ4n) is 1.83. The average molecular weight is 324 g/mol. The molecular formula is C16H24N2O5. The van der Waals surface area contributed by atoms with Crippen molar-refractivity contribution in [3.8, 4) is 5.75 Å². The number of carboxylic acid groups (broad SMARTS) is 1. The molecule has 2 atom stereocenters. The monoisotopic (exact) mass is 324 g/mol. The van der Waals surface area contributed by atoms with Crippen molar-refractivity contribution in [2.75, 3.05) is 5.73 Å². The zero-order valence-electron chi connectivity index (χ0n) is 14.0. The second-order valence-electron chi connectivity index (χ2n) is 6.33. The first-order valence-electron chi connectivity index (χ1n) is 7.24. The lowest BCUT2D eigenvalue weighted by molar-refractivity contribution is -0.141. The van der Waals surface area contributed by atoms with Gasteiger partial charge in [0.15, 0.2) is 6.04 Å². The summed E-state index contributed by atoms with van der Waals surface area (Å²) in [6.07, 6.45) is -1.67. The van der Waals surface area contributed by atoms with Crippen LogP contribution in [0.25, 0.3) is 0 Å². The first kappa shape index (κ1) is 18.6. The molecule has 7 heteroatoms. The highest BCUT2D eigenvalue weighted by atomic mass is 16.6. The molecule has 7 nitrogen and oxygen atoms in total. The van der Waals surface area contributed by atoms with E-state index in [1.807, 2.05) is 13.0 Å². The molecule has 0 aliphatic rings. The number of hydrogen-bond acceptors (Lipinski definition) is 5. The van der Waals surface area contributed by atoms with Gasteiger partial charge in [-0.25, -0.2) is 9.59 Å². The normalized spacial score (nSPS) is 13.8. The Morgan fingerprint density at radius 1 is 1.30 bits per heavy atom. The van der Waals surface area contributed by atoms with Crippen LogP contribution in [0.15, 0.2) is 18.2 Å². The molecule has 1 rings (SSSR count). The predicted octanol–water partition coefficient (Wildman–Crippen LogP) is 2.32. The average Bonchev–Trinajstić information content (AvgIpc) is 2.37. The van der Waals surface area contributed by atoms with Gasteiger partial charge in [-0.1, -0.05) is 6.07 Å². The number of nitrogens with one attached hydrogen (secondary N) is 1. The number of nitrogens with two attached hydrogens (primary N) is 1. The number of amides is 1. The number of aryl methyl sites for hydroxylation is 1. The highest BCUT2D eigenvalue weighted by molar-refractivity contribution is 5.80. The van der Waals surface area contributed by atoms with Gasteiger partial charge in [0.2, 0.25) is 0 Å². The summed E-state index contributed by atoms with van der Waals surface area (Å²) in [5.74, 6) is -0.857. The van der Waals surface area contributed by atoms with E-state index in [1.165, 1.54) is 6.92 Å². The maximum atomic E-state index is 11.8. The Hall–Kier alpha value is -2.44. The standard InChI is InChI=1S/C16H24N2O5/c1-9-6-7-11(17)12(8-9)22-10(2)13(14(19)20)18-15(21)23-16(3,4)5/h6-8,10,13H,17H2,1-5H3,(H,18,21)(H,19,20)/t10-,13-/m0/s1. The van der Waals surface area contributed by atoms with Crippen molar-refractivity contribution >= 4 is 17.7 Å². The quantitative estimate of drug-likeness (QED) is 0.717. The number of carbonyl (C=O) groups is 2. The fourth-order valence-corrected chi connectivity index (χ4v) is 1.83. The van der Waals surface area contributed by atoms with Gasteiger partial charge in [0, 0.05) is 0 Å². The van der Waals surface area contributed by atoms with Crippen molar-refractivity contribution < 1.29 is 24.2 Å². The number of benzene rings is 1. The molecule has 0 spiro atoms. The number of nitrogen functional groups attached to an aromatic ring is 1. The third-order valence-corrected chi connectivity index (χ3v) is 2.89. The molecule has 4 N–H and O–H groups in total. The number of hydrogen-bond donors (Lipinski definition) is 3. The van der Waals surface area contributed by atoms with Crippen LogP contribution in [0.3, 0.4) is 0 Å². The first-order chi connectivity index (χ1) is 10.5. The SMILES string of the molecule is Cc1ccc(N)c(O[C@@H](C)[C@H](NC(=O)OC(C)(C)C)C(=O)O)c1. The number of anilines is 1. The first-order valence-corrected chi connectivity index (χ1v) is 7.24. The number of carbonyl (C=O) groups excluding carboxylic acids is 1. The fraction of sp³-hybridized carbons (Fsp3) is 0.500. The molecule has 0 bridgehead atoms. The van der Waals surface area contributed by atoms with Crippen LogP contribution in [0, 0.1) is 6.92 Å². The van der Waals surface area contributed by atoms with Gasteiger partial charge < -0.3 is 25.6 Å². The molecule has 1 aromatic carbocycles. The molecule has 0 aliphatic heterocycles. The van der Waals surface area contributed by atoms with E-state index in [4.69, 9.17) is 15.2 Å². The van der Waals surface area contributed by atoms with E-state index in [9.17, 15) is 14.7 Å². The van der Waals surface area contributed by atoms with Gasteiger partial charge in [0.1, 0.15) is 17.5 Å². The summed E-state index contributed by atoms with van der Waals surface area (Å²) in [5.41, 5.74) is 6.41. The summed E-state index contributed by atoms with van der Waals surface area (Å²) in [6, 6.07) is 3.93. The number of alkyl carbamates (subject to hydrolysis) is 1. The van der Waals surface area contributed by atoms with Gasteiger partial charge in [-0.2, -0.15) is 0 Å². The third kappa shape index (κ3) is 6.06. The van der Waals surface area contributed by atoms with Crippen LogP contribution < -0.4 is 15.8 Å². The minimum atomic E-state index is -1.27. The van der Waals surface area contributed by atoms with Crippen LogP contribution in [0.2, 0.25) is 0 Å². The molecule has 0 aromatic heterocycles. The van der Waals surface area contributed by atoms with E-state index in [1.54, 1.807) is 32.9 Å². The number of ether oxygens (including phenoxy) is 2. The van der Waals surface area contributed by atoms with Crippen LogP contribution in [0.5, 0.6) is 5.75 Å². The lowest BCUT2D eigenvalue weighted by Crippen LogP contribution is -2.51. The molecule has 0 saturated heterocycles. The molecule has 23 heavy (non-hydrogen) atoms. The van der Waals surface area contributed by atoms with Crippen molar-refractivity contribution in [2.45, 2.75) is 52.4 Å². The van der Waals surface area contributed by atoms with E-state index >= 15 is 0 Å². The summed E-state index contributed by atoms with van der Waals surface area (Å²) in [4.78, 5) is 23.2. The van der Waals surface area contributed by atoms with Crippen molar-refractivity contribution in [3.63, 3.8) is 0 Å². The van der Waals surface area contributed by atoms with Gasteiger partial charge in [0.25, 0.3) is 0 Å². The Morgan fingerprint density at radius 3 is 2.43 bits per heavy atom. The van der Waals surface area contributed by atoms with E-state index in [0.717, 1.165) is 5.56 Å². The minimum Gasteiger partial charge on any atom is -0.486 e. The maximum Gasteiger partial charge on any atom is 0.408 e. The summed E-state index contributed by atoms with van der Waals surface area (Å²) < 4.78 is 10.7. The smallest absolute Gasteiger partial charge is 0.408 e. The molecule has 0 unspecified atom stereocenters. The largest absolute Gasteiger partial charge is 0.486 e. The highest BCUT2D eigenvalue weighted by Crippen LogP contribution is 2.24. The van der Waals surface area contributed by atoms with Crippen LogP contribution in [0.4, 0.5) is 10.5 Å². The van der Waals surface area contributed by atoms with Crippen LogP contribution in [0.1, 0.15) is 33.3 Å². The summed E-state index contributed by atoms with van der Waals surface area (Å²) in [6.45, 7) is 8.48. The lowest BCUT2D eigenvalue weighted by Gasteiger charge is -2.25. The molecule has 1 aromatic rings. The third-order valence-electron chi connectivity index (χ3n) is 2.89. The number of carboxylic acids is 1. The van der Waals surface area contributed by atoms with E-state index < -0.39 is 29.8 Å².